The molecule has 0 saturated carbocycles. The molecule has 0 fully saturated rings. The number of ether oxygens (including phenoxy) is 1. The molecule has 0 aliphatic carbocycles. The average Bonchev–Trinajstić information content (AvgIpc) is 2.68. The maximum Gasteiger partial charge on any atom is 0.341 e. The number of halogens is 2. The number of aromatic carboxylic acids is 1. The summed E-state index contributed by atoms with van der Waals surface area (Å²) in [5, 5.41) is 18.8. The molecule has 0 aliphatic rings. The summed E-state index contributed by atoms with van der Waals surface area (Å²) in [6, 6.07) is 9.74. The smallest absolute Gasteiger partial charge is 0.341 e. The van der Waals surface area contributed by atoms with Crippen molar-refractivity contribution in [2.45, 2.75) is 13.5 Å². The molecule has 7 nitrogen and oxygen atoms in total. The summed E-state index contributed by atoms with van der Waals surface area (Å²) in [5.74, 6) is -1.90. The monoisotopic (exact) mass is 413 g/mol. The third-order valence-corrected chi connectivity index (χ3v) is 4.40. The summed E-state index contributed by atoms with van der Waals surface area (Å²) < 4.78 is 20.2. The third kappa shape index (κ3) is 3.95. The fourth-order valence-electron chi connectivity index (χ4n) is 2.83. The molecule has 3 rings (SSSR count). The number of carboxylic acids is 1. The Hall–Kier alpha value is -3.70. The number of carboxylic acid groups (broad SMARTS) is 1. The van der Waals surface area contributed by atoms with Crippen LogP contribution in [-0.2, 0) is 6.54 Å². The third-order valence-electron chi connectivity index (χ3n) is 4.09. The second-order valence-corrected chi connectivity index (χ2v) is 6.25. The van der Waals surface area contributed by atoms with Crippen LogP contribution in [0.5, 0.6) is 11.6 Å². The van der Waals surface area contributed by atoms with E-state index in [2.05, 4.69) is 4.98 Å². The molecule has 3 aromatic rings. The van der Waals surface area contributed by atoms with Crippen molar-refractivity contribution in [2.24, 2.45) is 0 Å². The van der Waals surface area contributed by atoms with Gasteiger partial charge in [-0.15, -0.1) is 0 Å². The second-order valence-electron chi connectivity index (χ2n) is 5.84. The summed E-state index contributed by atoms with van der Waals surface area (Å²) in [7, 11) is 0. The van der Waals surface area contributed by atoms with E-state index < -0.39 is 22.9 Å². The molecule has 0 unspecified atom stereocenters. The first kappa shape index (κ1) is 20.0. The van der Waals surface area contributed by atoms with E-state index in [1.54, 1.807) is 6.92 Å². The van der Waals surface area contributed by atoms with Crippen molar-refractivity contribution in [3.8, 4) is 29.0 Å². The number of carbonyl (C=O) groups is 1. The van der Waals surface area contributed by atoms with Crippen molar-refractivity contribution < 1.29 is 19.0 Å². The van der Waals surface area contributed by atoms with Crippen LogP contribution in [0.15, 0.2) is 47.4 Å². The highest BCUT2D eigenvalue weighted by molar-refractivity contribution is 6.32. The number of hydrogen-bond donors (Lipinski definition) is 1. The molecule has 29 heavy (non-hydrogen) atoms. The topological polar surface area (TPSA) is 105 Å². The summed E-state index contributed by atoms with van der Waals surface area (Å²) in [6.45, 7) is 1.98. The minimum atomic E-state index is -1.41. The molecule has 0 bridgehead atoms. The lowest BCUT2D eigenvalue weighted by Gasteiger charge is -2.19. The van der Waals surface area contributed by atoms with E-state index in [-0.39, 0.29) is 34.5 Å². The van der Waals surface area contributed by atoms with E-state index >= 15 is 0 Å². The SMILES string of the molecule is CCn1c(Oc2ccc(F)nc2)cc(=O)c(C(=O)O)c1-c1ccc(C#N)c(Cl)c1. The van der Waals surface area contributed by atoms with Crippen LogP contribution in [0, 0.1) is 17.3 Å². The lowest BCUT2D eigenvalue weighted by molar-refractivity contribution is 0.0695. The Morgan fingerprint density at radius 3 is 2.66 bits per heavy atom. The molecule has 0 atom stereocenters. The standard InChI is InChI=1S/C20H13ClFN3O4/c1-2-25-17(29-13-5-6-16(22)24-10-13)8-15(26)18(20(27)28)19(25)11-3-4-12(9-23)14(21)7-11/h3-8,10H,2H2,1H3,(H,27,28). The Kier molecular flexibility index (Phi) is 5.61. The van der Waals surface area contributed by atoms with Gasteiger partial charge < -0.3 is 14.4 Å². The zero-order valence-corrected chi connectivity index (χ0v) is 15.8. The van der Waals surface area contributed by atoms with Crippen LogP contribution in [0.1, 0.15) is 22.8 Å². The van der Waals surface area contributed by atoms with Gasteiger partial charge in [0.1, 0.15) is 17.4 Å². The molecule has 146 valence electrons. The molecule has 2 aromatic heterocycles. The van der Waals surface area contributed by atoms with Gasteiger partial charge in [-0.2, -0.15) is 9.65 Å². The van der Waals surface area contributed by atoms with Crippen molar-refractivity contribution in [1.29, 1.82) is 5.26 Å². The van der Waals surface area contributed by atoms with E-state index in [9.17, 15) is 19.1 Å². The predicted octanol–water partition coefficient (Wildman–Crippen LogP) is 4.08. The first-order valence-electron chi connectivity index (χ1n) is 8.36. The van der Waals surface area contributed by atoms with Gasteiger partial charge in [-0.3, -0.25) is 4.79 Å². The van der Waals surface area contributed by atoms with Gasteiger partial charge in [-0.25, -0.2) is 9.78 Å². The van der Waals surface area contributed by atoms with Crippen molar-refractivity contribution in [3.63, 3.8) is 0 Å². The summed E-state index contributed by atoms with van der Waals surface area (Å²) >= 11 is 6.10. The van der Waals surface area contributed by atoms with E-state index in [0.29, 0.717) is 5.56 Å². The lowest BCUT2D eigenvalue weighted by Crippen LogP contribution is -2.21. The number of benzene rings is 1. The van der Waals surface area contributed by atoms with E-state index in [1.807, 2.05) is 6.07 Å². The van der Waals surface area contributed by atoms with E-state index in [1.165, 1.54) is 28.8 Å². The van der Waals surface area contributed by atoms with Gasteiger partial charge in [0.05, 0.1) is 22.5 Å². The molecule has 1 N–H and O–H groups in total. The van der Waals surface area contributed by atoms with Crippen LogP contribution in [0.2, 0.25) is 5.02 Å². The number of nitriles is 1. The molecular formula is C20H13ClFN3O4. The van der Waals surface area contributed by atoms with Crippen LogP contribution in [0.4, 0.5) is 4.39 Å². The van der Waals surface area contributed by atoms with E-state index in [4.69, 9.17) is 21.6 Å². The normalized spacial score (nSPS) is 10.4. The van der Waals surface area contributed by atoms with Crippen LogP contribution in [0.25, 0.3) is 11.3 Å². The van der Waals surface area contributed by atoms with Crippen molar-refractivity contribution in [2.75, 3.05) is 0 Å². The molecule has 0 amide bonds. The molecule has 0 spiro atoms. The van der Waals surface area contributed by atoms with Crippen LogP contribution in [0.3, 0.4) is 0 Å². The van der Waals surface area contributed by atoms with E-state index in [0.717, 1.165) is 18.3 Å². The Morgan fingerprint density at radius 2 is 2.10 bits per heavy atom. The Labute approximate surface area is 169 Å². The molecule has 1 aromatic carbocycles. The van der Waals surface area contributed by atoms with Gasteiger partial charge in [0.2, 0.25) is 17.3 Å². The highest BCUT2D eigenvalue weighted by Gasteiger charge is 2.23. The minimum Gasteiger partial charge on any atom is -0.477 e. The summed E-state index contributed by atoms with van der Waals surface area (Å²) in [6.07, 6.45) is 1.14. The maximum atomic E-state index is 13.0. The average molecular weight is 414 g/mol. The zero-order valence-electron chi connectivity index (χ0n) is 15.0. The maximum absolute atomic E-state index is 13.0. The number of aromatic nitrogens is 2. The number of pyridine rings is 2. The summed E-state index contributed by atoms with van der Waals surface area (Å²) in [4.78, 5) is 27.9. The molecular weight excluding hydrogens is 401 g/mol. The van der Waals surface area contributed by atoms with Crippen LogP contribution >= 0.6 is 11.6 Å². The number of hydrogen-bond acceptors (Lipinski definition) is 5. The van der Waals surface area contributed by atoms with Crippen molar-refractivity contribution >= 4 is 17.6 Å². The second kappa shape index (κ2) is 8.12. The van der Waals surface area contributed by atoms with Crippen LogP contribution < -0.4 is 10.2 Å². The largest absolute Gasteiger partial charge is 0.477 e. The Morgan fingerprint density at radius 1 is 1.34 bits per heavy atom. The molecule has 0 saturated heterocycles. The fraction of sp³-hybridized carbons (Fsp3) is 0.100. The van der Waals surface area contributed by atoms with Gasteiger partial charge in [0.25, 0.3) is 0 Å². The van der Waals surface area contributed by atoms with Crippen LogP contribution in [-0.4, -0.2) is 20.6 Å². The predicted molar refractivity (Wildman–Crippen MR) is 103 cm³/mol. The van der Waals surface area contributed by atoms with Gasteiger partial charge in [0.15, 0.2) is 0 Å². The molecule has 9 heteroatoms. The zero-order chi connectivity index (χ0) is 21.1. The number of rotatable bonds is 5. The van der Waals surface area contributed by atoms with Gasteiger partial charge in [-0.1, -0.05) is 17.7 Å². The first-order valence-corrected chi connectivity index (χ1v) is 8.74. The quantitative estimate of drug-likeness (QED) is 0.632. The molecule has 0 aliphatic heterocycles. The van der Waals surface area contributed by atoms with Crippen molar-refractivity contribution in [3.05, 3.63) is 74.9 Å². The Balaban J connectivity index is 2.27. The molecule has 0 radical (unpaired) electrons. The lowest BCUT2D eigenvalue weighted by atomic mass is 10.0. The van der Waals surface area contributed by atoms with Gasteiger partial charge >= 0.3 is 5.97 Å². The first-order chi connectivity index (χ1) is 13.8. The highest BCUT2D eigenvalue weighted by atomic mass is 35.5. The Bertz CT molecular complexity index is 1200. The highest BCUT2D eigenvalue weighted by Crippen LogP contribution is 2.31. The fourth-order valence-corrected chi connectivity index (χ4v) is 3.05. The molecule has 2 heterocycles. The van der Waals surface area contributed by atoms with Gasteiger partial charge in [-0.05, 0) is 31.2 Å². The number of nitrogens with zero attached hydrogens (tertiary/aromatic N) is 3. The minimum absolute atomic E-state index is 0.0476. The van der Waals surface area contributed by atoms with Gasteiger partial charge in [0, 0.05) is 18.2 Å². The summed E-state index contributed by atoms with van der Waals surface area (Å²) in [5.41, 5.74) is -0.626. The van der Waals surface area contributed by atoms with Crippen molar-refractivity contribution in [1.82, 2.24) is 9.55 Å².